The Bertz CT molecular complexity index is 526. The fourth-order valence-electron chi connectivity index (χ4n) is 1.70. The molecule has 2 aromatic rings. The third-order valence-corrected chi connectivity index (χ3v) is 3.34. The second-order valence-electron chi connectivity index (χ2n) is 4.45. The second kappa shape index (κ2) is 4.41. The van der Waals surface area contributed by atoms with Crippen LogP contribution in [-0.2, 0) is 7.05 Å². The summed E-state index contributed by atoms with van der Waals surface area (Å²) in [4.78, 5) is 4.26. The third kappa shape index (κ3) is 2.15. The Hall–Kier alpha value is -1.48. The quantitative estimate of drug-likeness (QED) is 0.886. The van der Waals surface area contributed by atoms with Crippen LogP contribution in [0, 0.1) is 0 Å². The van der Waals surface area contributed by atoms with Gasteiger partial charge >= 0.3 is 0 Å². The summed E-state index contributed by atoms with van der Waals surface area (Å²) in [5.74, 6) is 0.950. The molecular weight excluding hydrogens is 234 g/mol. The number of hydrogen-bond donors (Lipinski definition) is 1. The number of anilines is 1. The standard InChI is InChI=1S/C13H16ClN3/c1-8(2)9-4-6-10(7-5-9)11-12(14)17(3)13(15)16-11/h4-8H,1-3H3,(H2,15,16). The monoisotopic (exact) mass is 249 g/mol. The van der Waals surface area contributed by atoms with Crippen LogP contribution in [0.1, 0.15) is 25.3 Å². The van der Waals surface area contributed by atoms with E-state index in [0.29, 0.717) is 17.0 Å². The number of nitrogen functional groups attached to an aromatic ring is 1. The lowest BCUT2D eigenvalue weighted by molar-refractivity contribution is 0.867. The summed E-state index contributed by atoms with van der Waals surface area (Å²) < 4.78 is 1.67. The molecule has 0 atom stereocenters. The molecule has 0 saturated heterocycles. The summed E-state index contributed by atoms with van der Waals surface area (Å²) in [7, 11) is 1.80. The first-order chi connectivity index (χ1) is 8.00. The molecule has 0 amide bonds. The molecule has 0 unspecified atom stereocenters. The molecule has 2 rings (SSSR count). The molecule has 3 nitrogen and oxygen atoms in total. The molecule has 0 saturated carbocycles. The molecule has 1 heterocycles. The van der Waals surface area contributed by atoms with Crippen LogP contribution in [0.15, 0.2) is 24.3 Å². The highest BCUT2D eigenvalue weighted by molar-refractivity contribution is 6.32. The zero-order chi connectivity index (χ0) is 12.6. The summed E-state index contributed by atoms with van der Waals surface area (Å²) in [6.45, 7) is 4.33. The summed E-state index contributed by atoms with van der Waals surface area (Å²) in [5.41, 5.74) is 8.75. The van der Waals surface area contributed by atoms with Gasteiger partial charge in [0, 0.05) is 12.6 Å². The maximum absolute atomic E-state index is 6.17. The van der Waals surface area contributed by atoms with Crippen LogP contribution in [0.2, 0.25) is 5.15 Å². The van der Waals surface area contributed by atoms with Crippen molar-refractivity contribution in [2.45, 2.75) is 19.8 Å². The van der Waals surface area contributed by atoms with Gasteiger partial charge in [0.2, 0.25) is 5.95 Å². The number of halogens is 1. The van der Waals surface area contributed by atoms with Crippen LogP contribution in [0.5, 0.6) is 0 Å². The van der Waals surface area contributed by atoms with Gasteiger partial charge in [-0.3, -0.25) is 0 Å². The van der Waals surface area contributed by atoms with Gasteiger partial charge in [-0.1, -0.05) is 49.7 Å². The number of nitrogens with zero attached hydrogens (tertiary/aromatic N) is 2. The number of imidazole rings is 1. The molecule has 17 heavy (non-hydrogen) atoms. The third-order valence-electron chi connectivity index (χ3n) is 2.91. The smallest absolute Gasteiger partial charge is 0.201 e. The Morgan fingerprint density at radius 2 is 1.82 bits per heavy atom. The Labute approximate surface area is 106 Å². The Morgan fingerprint density at radius 3 is 2.24 bits per heavy atom. The van der Waals surface area contributed by atoms with Crippen molar-refractivity contribution < 1.29 is 0 Å². The fourth-order valence-corrected chi connectivity index (χ4v) is 1.94. The zero-order valence-electron chi connectivity index (χ0n) is 10.2. The average Bonchev–Trinajstić information content (AvgIpc) is 2.57. The zero-order valence-corrected chi connectivity index (χ0v) is 11.0. The van der Waals surface area contributed by atoms with E-state index in [1.165, 1.54) is 5.56 Å². The molecule has 1 aromatic heterocycles. The lowest BCUT2D eigenvalue weighted by atomic mass is 10.0. The Balaban J connectivity index is 2.43. The predicted octanol–water partition coefficient (Wildman–Crippen LogP) is 3.45. The highest BCUT2D eigenvalue weighted by atomic mass is 35.5. The molecule has 90 valence electrons. The highest BCUT2D eigenvalue weighted by Crippen LogP contribution is 2.29. The lowest BCUT2D eigenvalue weighted by Gasteiger charge is -2.05. The van der Waals surface area contributed by atoms with Gasteiger partial charge in [-0.15, -0.1) is 0 Å². The minimum Gasteiger partial charge on any atom is -0.369 e. The average molecular weight is 250 g/mol. The van der Waals surface area contributed by atoms with Crippen LogP contribution < -0.4 is 5.73 Å². The van der Waals surface area contributed by atoms with Gasteiger partial charge in [0.1, 0.15) is 10.8 Å². The van der Waals surface area contributed by atoms with Gasteiger partial charge in [-0.2, -0.15) is 0 Å². The van der Waals surface area contributed by atoms with Crippen LogP contribution in [0.25, 0.3) is 11.3 Å². The molecule has 0 fully saturated rings. The van der Waals surface area contributed by atoms with Gasteiger partial charge in [0.25, 0.3) is 0 Å². The fraction of sp³-hybridized carbons (Fsp3) is 0.308. The number of aromatic nitrogens is 2. The van der Waals surface area contributed by atoms with Gasteiger partial charge in [-0.05, 0) is 11.5 Å². The molecular formula is C13H16ClN3. The van der Waals surface area contributed by atoms with E-state index in [0.717, 1.165) is 11.3 Å². The first-order valence-corrected chi connectivity index (χ1v) is 5.96. The van der Waals surface area contributed by atoms with Gasteiger partial charge in [0.15, 0.2) is 0 Å². The van der Waals surface area contributed by atoms with E-state index in [9.17, 15) is 0 Å². The van der Waals surface area contributed by atoms with Crippen molar-refractivity contribution in [3.05, 3.63) is 35.0 Å². The summed E-state index contributed by atoms with van der Waals surface area (Å²) in [6.07, 6.45) is 0. The molecule has 0 aliphatic carbocycles. The number of nitrogens with two attached hydrogens (primary N) is 1. The summed E-state index contributed by atoms with van der Waals surface area (Å²) in [6, 6.07) is 8.26. The van der Waals surface area contributed by atoms with Crippen LogP contribution in [-0.4, -0.2) is 9.55 Å². The van der Waals surface area contributed by atoms with Gasteiger partial charge in [0.05, 0.1) is 0 Å². The molecule has 4 heteroatoms. The normalized spacial score (nSPS) is 11.1. The minimum absolute atomic E-state index is 0.429. The van der Waals surface area contributed by atoms with Crippen molar-refractivity contribution in [3.63, 3.8) is 0 Å². The number of rotatable bonds is 2. The van der Waals surface area contributed by atoms with E-state index >= 15 is 0 Å². The van der Waals surface area contributed by atoms with Gasteiger partial charge in [-0.25, -0.2) is 4.98 Å². The maximum Gasteiger partial charge on any atom is 0.201 e. The van der Waals surface area contributed by atoms with Crippen LogP contribution >= 0.6 is 11.6 Å². The largest absolute Gasteiger partial charge is 0.369 e. The molecule has 1 aromatic carbocycles. The SMILES string of the molecule is CC(C)c1ccc(-c2nc(N)n(C)c2Cl)cc1. The van der Waals surface area contributed by atoms with Crippen molar-refractivity contribution in [1.82, 2.24) is 9.55 Å². The van der Waals surface area contributed by atoms with Crippen molar-refractivity contribution in [1.29, 1.82) is 0 Å². The van der Waals surface area contributed by atoms with E-state index in [4.69, 9.17) is 17.3 Å². The lowest BCUT2D eigenvalue weighted by Crippen LogP contribution is -1.96. The first kappa shape index (κ1) is 12.0. The Morgan fingerprint density at radius 1 is 1.24 bits per heavy atom. The molecule has 0 aliphatic rings. The minimum atomic E-state index is 0.429. The summed E-state index contributed by atoms with van der Waals surface area (Å²) in [5, 5.41) is 0.569. The van der Waals surface area contributed by atoms with Gasteiger partial charge < -0.3 is 10.3 Å². The first-order valence-electron chi connectivity index (χ1n) is 5.58. The van der Waals surface area contributed by atoms with E-state index in [2.05, 4.69) is 31.0 Å². The molecule has 2 N–H and O–H groups in total. The highest BCUT2D eigenvalue weighted by Gasteiger charge is 2.12. The second-order valence-corrected chi connectivity index (χ2v) is 4.80. The van der Waals surface area contributed by atoms with E-state index in [1.807, 2.05) is 12.1 Å². The van der Waals surface area contributed by atoms with Crippen molar-refractivity contribution in [3.8, 4) is 11.3 Å². The molecule has 0 aliphatic heterocycles. The van der Waals surface area contributed by atoms with Crippen LogP contribution in [0.3, 0.4) is 0 Å². The number of benzene rings is 1. The molecule has 0 bridgehead atoms. The maximum atomic E-state index is 6.17. The molecule has 0 spiro atoms. The van der Waals surface area contributed by atoms with E-state index in [1.54, 1.807) is 11.6 Å². The Kier molecular flexibility index (Phi) is 3.11. The number of hydrogen-bond acceptors (Lipinski definition) is 2. The van der Waals surface area contributed by atoms with Crippen molar-refractivity contribution in [2.24, 2.45) is 7.05 Å². The molecule has 0 radical (unpaired) electrons. The van der Waals surface area contributed by atoms with E-state index < -0.39 is 0 Å². The van der Waals surface area contributed by atoms with Crippen molar-refractivity contribution >= 4 is 17.5 Å². The topological polar surface area (TPSA) is 43.8 Å². The van der Waals surface area contributed by atoms with Crippen molar-refractivity contribution in [2.75, 3.05) is 5.73 Å². The summed E-state index contributed by atoms with van der Waals surface area (Å²) >= 11 is 6.17. The van der Waals surface area contributed by atoms with Crippen LogP contribution in [0.4, 0.5) is 5.95 Å². The van der Waals surface area contributed by atoms with E-state index in [-0.39, 0.29) is 0 Å². The predicted molar refractivity (Wildman–Crippen MR) is 72.2 cm³/mol.